The van der Waals surface area contributed by atoms with Crippen molar-refractivity contribution < 1.29 is 14.1 Å². The highest BCUT2D eigenvalue weighted by molar-refractivity contribution is 5.99. The Balaban J connectivity index is 1.73. The first kappa shape index (κ1) is 16.9. The Kier molecular flexibility index (Phi) is 4.75. The van der Waals surface area contributed by atoms with Crippen LogP contribution in [0.15, 0.2) is 70.2 Å². The third-order valence-electron chi connectivity index (χ3n) is 3.56. The molecule has 8 heteroatoms. The normalized spacial score (nSPS) is 10.8. The molecule has 0 aliphatic rings. The van der Waals surface area contributed by atoms with E-state index >= 15 is 0 Å². The van der Waals surface area contributed by atoms with Crippen molar-refractivity contribution in [1.82, 2.24) is 5.43 Å². The van der Waals surface area contributed by atoms with E-state index in [1.165, 1.54) is 12.3 Å². The topological polar surface area (TPSA) is 124 Å². The van der Waals surface area contributed by atoms with E-state index in [0.717, 1.165) is 0 Å². The molecular formula is C18H14N4O4. The van der Waals surface area contributed by atoms with Crippen LogP contribution < -0.4 is 11.2 Å². The van der Waals surface area contributed by atoms with E-state index < -0.39 is 10.8 Å². The van der Waals surface area contributed by atoms with Crippen LogP contribution in [-0.4, -0.2) is 17.0 Å². The molecule has 0 aliphatic heterocycles. The first-order valence-electron chi connectivity index (χ1n) is 7.58. The van der Waals surface area contributed by atoms with E-state index in [-0.39, 0.29) is 5.69 Å². The molecule has 130 valence electrons. The maximum absolute atomic E-state index is 12.0. The Morgan fingerprint density at radius 2 is 1.85 bits per heavy atom. The fraction of sp³-hybridized carbons (Fsp3) is 0. The van der Waals surface area contributed by atoms with Crippen LogP contribution in [0.1, 0.15) is 16.1 Å². The van der Waals surface area contributed by atoms with E-state index in [1.807, 2.05) is 0 Å². The number of nitrogens with two attached hydrogens (primary N) is 1. The number of amides is 1. The highest BCUT2D eigenvalue weighted by atomic mass is 16.6. The lowest BCUT2D eigenvalue weighted by Crippen LogP contribution is -2.18. The van der Waals surface area contributed by atoms with Crippen LogP contribution in [0.5, 0.6) is 0 Å². The monoisotopic (exact) mass is 350 g/mol. The first-order chi connectivity index (χ1) is 12.6. The lowest BCUT2D eigenvalue weighted by molar-refractivity contribution is -0.384. The largest absolute Gasteiger partial charge is 0.455 e. The quantitative estimate of drug-likeness (QED) is 0.316. The maximum atomic E-state index is 12.0. The van der Waals surface area contributed by atoms with Gasteiger partial charge in [0.25, 0.3) is 11.6 Å². The number of carbonyl (C=O) groups is 1. The number of benzene rings is 2. The molecule has 3 rings (SSSR count). The lowest BCUT2D eigenvalue weighted by atomic mass is 10.1. The summed E-state index contributed by atoms with van der Waals surface area (Å²) in [6, 6.07) is 16.1. The van der Waals surface area contributed by atoms with Gasteiger partial charge in [-0.2, -0.15) is 5.10 Å². The number of hydrogen-bond acceptors (Lipinski definition) is 6. The second kappa shape index (κ2) is 7.31. The SMILES string of the molecule is Nc1ccccc1C(=O)N/N=C\c1ccc(-c2ccccc2[N+](=O)[O-])o1. The fourth-order valence-electron chi connectivity index (χ4n) is 2.33. The highest BCUT2D eigenvalue weighted by Gasteiger charge is 2.16. The van der Waals surface area contributed by atoms with Gasteiger partial charge < -0.3 is 10.2 Å². The van der Waals surface area contributed by atoms with Gasteiger partial charge in [0, 0.05) is 11.8 Å². The van der Waals surface area contributed by atoms with Gasteiger partial charge in [0.05, 0.1) is 22.3 Å². The van der Waals surface area contributed by atoms with Crippen molar-refractivity contribution in [3.05, 3.63) is 82.1 Å². The molecule has 26 heavy (non-hydrogen) atoms. The van der Waals surface area contributed by atoms with Crippen LogP contribution >= 0.6 is 0 Å². The molecule has 0 radical (unpaired) electrons. The minimum atomic E-state index is -0.476. The van der Waals surface area contributed by atoms with E-state index in [9.17, 15) is 14.9 Å². The molecule has 0 fully saturated rings. The Hall–Kier alpha value is -3.94. The summed E-state index contributed by atoms with van der Waals surface area (Å²) in [6.45, 7) is 0. The summed E-state index contributed by atoms with van der Waals surface area (Å²) in [5, 5.41) is 14.9. The molecule has 3 aromatic rings. The van der Waals surface area contributed by atoms with Gasteiger partial charge in [-0.15, -0.1) is 0 Å². The number of nitrogen functional groups attached to an aromatic ring is 1. The number of rotatable bonds is 5. The van der Waals surface area contributed by atoms with E-state index in [4.69, 9.17) is 10.2 Å². The molecule has 0 bridgehead atoms. The average molecular weight is 350 g/mol. The minimum Gasteiger partial charge on any atom is -0.455 e. The molecule has 0 atom stereocenters. The summed E-state index contributed by atoms with van der Waals surface area (Å²) in [6.07, 6.45) is 1.30. The van der Waals surface area contributed by atoms with Crippen molar-refractivity contribution in [2.75, 3.05) is 5.73 Å². The molecule has 1 aromatic heterocycles. The number of carbonyl (C=O) groups excluding carboxylic acids is 1. The highest BCUT2D eigenvalue weighted by Crippen LogP contribution is 2.30. The first-order valence-corrected chi connectivity index (χ1v) is 7.58. The van der Waals surface area contributed by atoms with Crippen molar-refractivity contribution in [2.24, 2.45) is 5.10 Å². The van der Waals surface area contributed by atoms with Crippen LogP contribution in [0.25, 0.3) is 11.3 Å². The van der Waals surface area contributed by atoms with Crippen molar-refractivity contribution in [2.45, 2.75) is 0 Å². The molecule has 2 aromatic carbocycles. The number of nitro groups is 1. The summed E-state index contributed by atoms with van der Waals surface area (Å²) in [4.78, 5) is 22.6. The molecule has 0 aliphatic carbocycles. The van der Waals surface area contributed by atoms with Crippen LogP contribution in [-0.2, 0) is 0 Å². The lowest BCUT2D eigenvalue weighted by Gasteiger charge is -2.02. The summed E-state index contributed by atoms with van der Waals surface area (Å²) in [7, 11) is 0. The van der Waals surface area contributed by atoms with Crippen LogP contribution in [0.3, 0.4) is 0 Å². The van der Waals surface area contributed by atoms with Crippen LogP contribution in [0.2, 0.25) is 0 Å². The van der Waals surface area contributed by atoms with Gasteiger partial charge in [0.15, 0.2) is 0 Å². The maximum Gasteiger partial charge on any atom is 0.280 e. The molecule has 0 spiro atoms. The van der Waals surface area contributed by atoms with Crippen molar-refractivity contribution in [3.63, 3.8) is 0 Å². The number of anilines is 1. The van der Waals surface area contributed by atoms with Crippen molar-refractivity contribution >= 4 is 23.5 Å². The van der Waals surface area contributed by atoms with Crippen molar-refractivity contribution in [1.29, 1.82) is 0 Å². The Labute approximate surface area is 148 Å². The zero-order chi connectivity index (χ0) is 18.5. The summed E-state index contributed by atoms with van der Waals surface area (Å²) >= 11 is 0. The number of furan rings is 1. The third-order valence-corrected chi connectivity index (χ3v) is 3.56. The van der Waals surface area contributed by atoms with E-state index in [1.54, 1.807) is 54.6 Å². The average Bonchev–Trinajstić information content (AvgIpc) is 3.10. The van der Waals surface area contributed by atoms with Gasteiger partial charge in [0.2, 0.25) is 0 Å². The second-order valence-corrected chi connectivity index (χ2v) is 5.26. The standard InChI is InChI=1S/C18H14N4O4/c19-15-7-3-1-5-13(15)18(23)21-20-11-12-9-10-17(26-12)14-6-2-4-8-16(14)22(24)25/h1-11H,19H2,(H,21,23)/b20-11-. The second-order valence-electron chi connectivity index (χ2n) is 5.26. The van der Waals surface area contributed by atoms with Gasteiger partial charge in [-0.1, -0.05) is 24.3 Å². The molecule has 0 unspecified atom stereocenters. The summed E-state index contributed by atoms with van der Waals surface area (Å²) in [5.41, 5.74) is 9.03. The Morgan fingerprint density at radius 1 is 1.12 bits per heavy atom. The summed E-state index contributed by atoms with van der Waals surface area (Å²) in [5.74, 6) is 0.210. The third kappa shape index (κ3) is 3.59. The van der Waals surface area contributed by atoms with Gasteiger partial charge in [-0.05, 0) is 30.3 Å². The number of nitrogens with one attached hydrogen (secondary N) is 1. The number of nitro benzene ring substituents is 1. The van der Waals surface area contributed by atoms with Gasteiger partial charge in [-0.3, -0.25) is 14.9 Å². The number of hydrazone groups is 1. The van der Waals surface area contributed by atoms with Gasteiger partial charge in [-0.25, -0.2) is 5.43 Å². The number of para-hydroxylation sites is 2. The number of nitrogens with zero attached hydrogens (tertiary/aromatic N) is 2. The molecule has 0 saturated carbocycles. The molecule has 8 nitrogen and oxygen atoms in total. The van der Waals surface area contributed by atoms with Crippen LogP contribution in [0, 0.1) is 10.1 Å². The molecule has 1 amide bonds. The Morgan fingerprint density at radius 3 is 2.62 bits per heavy atom. The fourth-order valence-corrected chi connectivity index (χ4v) is 2.33. The predicted octanol–water partition coefficient (Wildman–Crippen LogP) is 3.20. The summed E-state index contributed by atoms with van der Waals surface area (Å²) < 4.78 is 5.54. The number of hydrogen-bond donors (Lipinski definition) is 2. The minimum absolute atomic E-state index is 0.0572. The smallest absolute Gasteiger partial charge is 0.280 e. The van der Waals surface area contributed by atoms with Gasteiger partial charge >= 0.3 is 0 Å². The predicted molar refractivity (Wildman–Crippen MR) is 96.7 cm³/mol. The molecule has 0 saturated heterocycles. The zero-order valence-electron chi connectivity index (χ0n) is 13.5. The van der Waals surface area contributed by atoms with Crippen LogP contribution in [0.4, 0.5) is 11.4 Å². The van der Waals surface area contributed by atoms with E-state index in [0.29, 0.717) is 28.3 Å². The van der Waals surface area contributed by atoms with Crippen molar-refractivity contribution in [3.8, 4) is 11.3 Å². The Bertz CT molecular complexity index is 994. The van der Waals surface area contributed by atoms with Gasteiger partial charge in [0.1, 0.15) is 11.5 Å². The molecule has 3 N–H and O–H groups in total. The molecule has 1 heterocycles. The molecular weight excluding hydrogens is 336 g/mol. The van der Waals surface area contributed by atoms with E-state index in [2.05, 4.69) is 10.5 Å². The zero-order valence-corrected chi connectivity index (χ0v) is 13.5.